The Morgan fingerprint density at radius 1 is 0.639 bits per heavy atom. The van der Waals surface area contributed by atoms with Gasteiger partial charge >= 0.3 is 0 Å². The monoisotopic (exact) mass is 1230 g/mol. The lowest BCUT2D eigenvalue weighted by atomic mass is 10.1. The molecular formula is C47H46I2N8O14Si. The molecule has 4 aromatic heterocycles. The topological polar surface area (TPSA) is 313 Å². The first kappa shape index (κ1) is 53.4. The number of aromatic nitrogens is 4. The van der Waals surface area contributed by atoms with Crippen LogP contribution < -0.4 is 0 Å². The van der Waals surface area contributed by atoms with Gasteiger partial charge in [-0.05, 0) is 75.5 Å². The minimum Gasteiger partial charge on any atom is -0.394 e. The minimum atomic E-state index is -1.62. The molecule has 22 nitrogen and oxygen atoms in total. The number of nitrogens with one attached hydrogen (secondary N) is 2. The summed E-state index contributed by atoms with van der Waals surface area (Å²) in [6.45, 7) is 5.89. The molecule has 2 fully saturated rings. The lowest BCUT2D eigenvalue weighted by Gasteiger charge is -2.14. The lowest BCUT2D eigenvalue weighted by Crippen LogP contribution is -2.24. The van der Waals surface area contributed by atoms with E-state index in [1.165, 1.54) is 36.4 Å². The van der Waals surface area contributed by atoms with E-state index in [1.807, 2.05) is 33.8 Å². The van der Waals surface area contributed by atoms with E-state index in [-0.39, 0.29) is 47.1 Å². The highest BCUT2D eigenvalue weighted by Crippen LogP contribution is 2.37. The second kappa shape index (κ2) is 22.6. The third-order valence-electron chi connectivity index (χ3n) is 11.5. The van der Waals surface area contributed by atoms with Crippen molar-refractivity contribution in [3.8, 4) is 11.5 Å². The van der Waals surface area contributed by atoms with Crippen LogP contribution in [0.1, 0.15) is 30.9 Å². The average molecular weight is 1230 g/mol. The Bertz CT molecular complexity index is 3390. The van der Waals surface area contributed by atoms with E-state index in [0.29, 0.717) is 23.8 Å². The van der Waals surface area contributed by atoms with Gasteiger partial charge in [-0.2, -0.15) is 0 Å². The molecule has 72 heavy (non-hydrogen) atoms. The number of halogens is 2. The van der Waals surface area contributed by atoms with E-state index in [0.717, 1.165) is 45.4 Å². The predicted octanol–water partition coefficient (Wildman–Crippen LogP) is 8.97. The Balaban J connectivity index is 0.000000148. The normalized spacial score (nSPS) is 19.4. The Morgan fingerprint density at radius 2 is 1.11 bits per heavy atom. The van der Waals surface area contributed by atoms with Crippen LogP contribution in [0, 0.1) is 59.1 Å². The molecule has 0 amide bonds. The average Bonchev–Trinajstić information content (AvgIpc) is 4.22. The number of fused-ring (bicyclic) bond motifs is 4. The van der Waals surface area contributed by atoms with Crippen molar-refractivity contribution >= 4 is 120 Å². The van der Waals surface area contributed by atoms with E-state index >= 15 is 0 Å². The summed E-state index contributed by atoms with van der Waals surface area (Å²) in [4.78, 5) is 47.2. The van der Waals surface area contributed by atoms with E-state index in [2.05, 4.69) is 86.3 Å². The highest BCUT2D eigenvalue weighted by molar-refractivity contribution is 14.1. The Labute approximate surface area is 436 Å². The van der Waals surface area contributed by atoms with Crippen LogP contribution in [0.2, 0.25) is 19.6 Å². The number of H-pyrrole nitrogens is 2. The number of hydrogen-bond acceptors (Lipinski definition) is 14. The maximum absolute atomic E-state index is 11.1. The summed E-state index contributed by atoms with van der Waals surface area (Å²) in [5.74, 6) is 3.17. The van der Waals surface area contributed by atoms with E-state index in [1.54, 1.807) is 42.6 Å². The SMILES string of the molecule is C[Si](C)(C)C#Cc1cn([C@H]2CC(O)[C@@H](CO)O2)c2ccc([N+](=O)[O-])cc12.O=[N+]([O-])c1ccc2[nH]cc(I)c2c1.O=[N+]([O-])c1ccc2[nH]ccc2c1.O=[N+]([O-])c1ccc2c(c1)c(I)cn2[C@H]1CC(O)[C@@H](CO)O1. The first-order valence-electron chi connectivity index (χ1n) is 21.9. The van der Waals surface area contributed by atoms with Gasteiger partial charge in [-0.1, -0.05) is 25.6 Å². The van der Waals surface area contributed by atoms with Gasteiger partial charge in [-0.15, -0.1) is 5.54 Å². The Morgan fingerprint density at radius 3 is 1.62 bits per heavy atom. The minimum absolute atomic E-state index is 0.00640. The van der Waals surface area contributed by atoms with Gasteiger partial charge in [0.05, 0.1) is 56.1 Å². The number of aliphatic hydroxyl groups excluding tert-OH is 4. The fourth-order valence-corrected chi connectivity index (χ4v) is 9.79. The van der Waals surface area contributed by atoms with Crippen LogP contribution in [0.25, 0.3) is 43.6 Å². The summed E-state index contributed by atoms with van der Waals surface area (Å²) < 4.78 is 16.9. The van der Waals surface area contributed by atoms with Gasteiger partial charge in [0, 0.05) is 131 Å². The lowest BCUT2D eigenvalue weighted by molar-refractivity contribution is -0.384. The highest BCUT2D eigenvalue weighted by Gasteiger charge is 2.36. The molecule has 0 spiro atoms. The van der Waals surface area contributed by atoms with Gasteiger partial charge in [0.15, 0.2) is 0 Å². The number of ether oxygens (including phenoxy) is 2. The zero-order valence-corrected chi connectivity index (χ0v) is 43.7. The molecule has 2 saturated heterocycles. The van der Waals surface area contributed by atoms with Crippen molar-refractivity contribution in [3.05, 3.63) is 157 Å². The van der Waals surface area contributed by atoms with Crippen LogP contribution in [0.15, 0.2) is 104 Å². The van der Waals surface area contributed by atoms with Crippen molar-refractivity contribution < 1.29 is 49.6 Å². The smallest absolute Gasteiger partial charge is 0.270 e. The molecule has 376 valence electrons. The number of nitro benzene ring substituents is 4. The number of aliphatic hydroxyl groups is 4. The van der Waals surface area contributed by atoms with Gasteiger partial charge in [0.25, 0.3) is 22.7 Å². The molecule has 4 aromatic carbocycles. The second-order valence-corrected chi connectivity index (χ2v) is 24.7. The number of benzene rings is 4. The number of aromatic amines is 2. The highest BCUT2D eigenvalue weighted by atomic mass is 127. The predicted molar refractivity (Wildman–Crippen MR) is 286 cm³/mol. The molecule has 2 aliphatic rings. The van der Waals surface area contributed by atoms with Crippen LogP contribution in [-0.4, -0.2) is 105 Å². The molecule has 0 bridgehead atoms. The van der Waals surface area contributed by atoms with Crippen LogP contribution in [0.4, 0.5) is 22.7 Å². The maximum Gasteiger partial charge on any atom is 0.270 e. The summed E-state index contributed by atoms with van der Waals surface area (Å²) in [6, 6.07) is 20.6. The number of hydrogen-bond donors (Lipinski definition) is 6. The van der Waals surface area contributed by atoms with Gasteiger partial charge in [-0.3, -0.25) is 40.5 Å². The molecular weight excluding hydrogens is 1180 g/mol. The zero-order valence-electron chi connectivity index (χ0n) is 38.4. The molecule has 6 atom stereocenters. The summed E-state index contributed by atoms with van der Waals surface area (Å²) in [5, 5.41) is 84.4. The van der Waals surface area contributed by atoms with Crippen LogP contribution in [0.3, 0.4) is 0 Å². The number of rotatable bonds is 8. The van der Waals surface area contributed by atoms with Crippen molar-refractivity contribution in [1.82, 2.24) is 19.1 Å². The van der Waals surface area contributed by atoms with Crippen molar-refractivity contribution in [2.75, 3.05) is 13.2 Å². The molecule has 25 heteroatoms. The fraction of sp³-hybridized carbons (Fsp3) is 0.277. The van der Waals surface area contributed by atoms with Crippen LogP contribution in [0.5, 0.6) is 0 Å². The third-order valence-corrected chi connectivity index (χ3v) is 14.2. The van der Waals surface area contributed by atoms with Gasteiger partial charge in [0.2, 0.25) is 0 Å². The fourth-order valence-electron chi connectivity index (χ4n) is 7.95. The second-order valence-electron chi connectivity index (χ2n) is 17.6. The maximum atomic E-state index is 11.1. The first-order chi connectivity index (χ1) is 34.2. The van der Waals surface area contributed by atoms with Crippen molar-refractivity contribution in [1.29, 1.82) is 0 Å². The van der Waals surface area contributed by atoms with E-state index < -0.39 is 53.5 Å². The van der Waals surface area contributed by atoms with Crippen LogP contribution >= 0.6 is 45.2 Å². The van der Waals surface area contributed by atoms with Crippen LogP contribution in [-0.2, 0) is 9.47 Å². The quantitative estimate of drug-likeness (QED) is 0.0272. The van der Waals surface area contributed by atoms with Gasteiger partial charge in [0.1, 0.15) is 32.7 Å². The standard InChI is InChI=1S/C18H22N2O5Si.C13H13IN2O5.C8H5IN2O2.C8H6N2O2/c1-26(2,3)7-6-12-10-19(18-9-16(22)17(11-21)25-18)15-5-4-13(20(23)24)8-14(12)15;14-9-5-15(13-4-11(18)12(6-17)21-13)10-2-1-7(16(19)20)3-8(9)10;9-7-4-10-8-2-1-5(11(12)13)3-6(7)8;11-10(12)7-1-2-8-6(5-7)3-4-9-8/h4-5,8,10,16-18,21-22H,9,11H2,1-3H3;1-3,5,11-13,17-18H,4,6H2;1-4,10H;1-5,9H/t16?,17-,18-;11?,12-,13-;;/m11../s1. The van der Waals surface area contributed by atoms with Gasteiger partial charge < -0.3 is 49.0 Å². The summed E-state index contributed by atoms with van der Waals surface area (Å²) in [7, 11) is -1.62. The van der Waals surface area contributed by atoms with E-state index in [9.17, 15) is 55.8 Å². The molecule has 6 N–H and O–H groups in total. The number of nitrogens with zero attached hydrogens (tertiary/aromatic N) is 6. The molecule has 0 saturated carbocycles. The molecule has 0 radical (unpaired) electrons. The molecule has 8 aromatic rings. The molecule has 2 unspecified atom stereocenters. The van der Waals surface area contributed by atoms with Crippen molar-refractivity contribution in [2.45, 2.75) is 69.4 Å². The number of nitro groups is 4. The summed E-state index contributed by atoms with van der Waals surface area (Å²) >= 11 is 4.25. The zero-order chi connectivity index (χ0) is 52.2. The van der Waals surface area contributed by atoms with Crippen molar-refractivity contribution in [3.63, 3.8) is 0 Å². The van der Waals surface area contributed by atoms with E-state index in [4.69, 9.17) is 14.6 Å². The largest absolute Gasteiger partial charge is 0.394 e. The Hall–Kier alpha value is -6.36. The molecule has 10 rings (SSSR count). The Kier molecular flexibility index (Phi) is 16.8. The summed E-state index contributed by atoms with van der Waals surface area (Å²) in [6.07, 6.45) is 4.43. The number of non-ortho nitro benzene ring substituents is 4. The third kappa shape index (κ3) is 12.3. The first-order valence-corrected chi connectivity index (χ1v) is 27.6. The summed E-state index contributed by atoms with van der Waals surface area (Å²) in [5.41, 5.74) is 7.70. The molecule has 0 aliphatic carbocycles. The molecule has 2 aliphatic heterocycles. The van der Waals surface area contributed by atoms with Crippen molar-refractivity contribution in [2.24, 2.45) is 0 Å². The molecule has 6 heterocycles. The van der Waals surface area contributed by atoms with Gasteiger partial charge in [-0.25, -0.2) is 0 Å².